The quantitative estimate of drug-likeness (QED) is 0.628. The van der Waals surface area contributed by atoms with Gasteiger partial charge in [0.25, 0.3) is 0 Å². The van der Waals surface area contributed by atoms with Crippen molar-refractivity contribution >= 4 is 5.69 Å². The van der Waals surface area contributed by atoms with E-state index in [2.05, 4.69) is 5.32 Å². The number of aromatic hydroxyl groups is 1. The molecule has 2 N–H and O–H groups in total. The maximum Gasteiger partial charge on any atom is 0.314 e. The van der Waals surface area contributed by atoms with Crippen LogP contribution in [0.5, 0.6) is 11.5 Å². The zero-order chi connectivity index (χ0) is 13.1. The van der Waals surface area contributed by atoms with E-state index in [1.807, 2.05) is 0 Å². The summed E-state index contributed by atoms with van der Waals surface area (Å²) in [5, 5.41) is 23.8. The summed E-state index contributed by atoms with van der Waals surface area (Å²) >= 11 is 0. The van der Waals surface area contributed by atoms with Gasteiger partial charge in [-0.2, -0.15) is 0 Å². The van der Waals surface area contributed by atoms with Gasteiger partial charge in [0, 0.05) is 12.1 Å². The fourth-order valence-electron chi connectivity index (χ4n) is 2.28. The first kappa shape index (κ1) is 12.6. The van der Waals surface area contributed by atoms with Gasteiger partial charge in [0.2, 0.25) is 5.75 Å². The first-order valence-electron chi connectivity index (χ1n) is 5.89. The normalized spacial score (nSPS) is 18.8. The van der Waals surface area contributed by atoms with Gasteiger partial charge in [0.1, 0.15) is 0 Å². The molecule has 18 heavy (non-hydrogen) atoms. The zero-order valence-electron chi connectivity index (χ0n) is 10.2. The second kappa shape index (κ2) is 5.22. The van der Waals surface area contributed by atoms with E-state index in [1.165, 1.54) is 13.2 Å². The van der Waals surface area contributed by atoms with Crippen molar-refractivity contribution in [3.05, 3.63) is 27.8 Å². The van der Waals surface area contributed by atoms with Crippen LogP contribution in [0.1, 0.15) is 18.4 Å². The fourth-order valence-corrected chi connectivity index (χ4v) is 2.28. The Hall–Kier alpha value is -1.82. The molecule has 0 saturated carbocycles. The molecule has 0 aliphatic carbocycles. The molecule has 1 aromatic carbocycles. The first-order valence-corrected chi connectivity index (χ1v) is 5.89. The van der Waals surface area contributed by atoms with Crippen molar-refractivity contribution in [2.75, 3.05) is 13.7 Å². The molecule has 1 heterocycles. The standard InChI is InChI=1S/C12H16N2O4/c1-18-11-7-8(5-9-3-2-4-13-9)6-10(12(11)15)14(16)17/h6-7,9,13,15H,2-5H2,1H3. The third-order valence-corrected chi connectivity index (χ3v) is 3.18. The Labute approximate surface area is 105 Å². The van der Waals surface area contributed by atoms with Crippen LogP contribution in [0.3, 0.4) is 0 Å². The Morgan fingerprint density at radius 3 is 2.94 bits per heavy atom. The molecule has 1 unspecified atom stereocenters. The third kappa shape index (κ3) is 2.53. The van der Waals surface area contributed by atoms with Crippen LogP contribution < -0.4 is 10.1 Å². The third-order valence-electron chi connectivity index (χ3n) is 3.18. The lowest BCUT2D eigenvalue weighted by atomic mass is 10.0. The van der Waals surface area contributed by atoms with E-state index in [-0.39, 0.29) is 11.4 Å². The Morgan fingerprint density at radius 2 is 2.39 bits per heavy atom. The van der Waals surface area contributed by atoms with Crippen LogP contribution in [0.15, 0.2) is 12.1 Å². The SMILES string of the molecule is COc1cc(CC2CCCN2)cc([N+](=O)[O-])c1O. The number of phenolic OH excluding ortho intramolecular Hbond substituents is 1. The van der Waals surface area contributed by atoms with Crippen LogP contribution >= 0.6 is 0 Å². The van der Waals surface area contributed by atoms with Crippen molar-refractivity contribution in [3.63, 3.8) is 0 Å². The van der Waals surface area contributed by atoms with Gasteiger partial charge in [-0.05, 0) is 37.4 Å². The summed E-state index contributed by atoms with van der Waals surface area (Å²) in [6.07, 6.45) is 2.90. The van der Waals surface area contributed by atoms with Crippen LogP contribution in [-0.2, 0) is 6.42 Å². The zero-order valence-corrected chi connectivity index (χ0v) is 10.2. The van der Waals surface area contributed by atoms with Crippen molar-refractivity contribution in [3.8, 4) is 11.5 Å². The number of hydrogen-bond acceptors (Lipinski definition) is 5. The van der Waals surface area contributed by atoms with Crippen LogP contribution in [0.25, 0.3) is 0 Å². The van der Waals surface area contributed by atoms with Gasteiger partial charge in [0.05, 0.1) is 12.0 Å². The molecular weight excluding hydrogens is 236 g/mol. The molecule has 1 aliphatic heterocycles. The second-order valence-corrected chi connectivity index (χ2v) is 4.42. The molecule has 0 amide bonds. The molecule has 1 atom stereocenters. The molecule has 1 fully saturated rings. The monoisotopic (exact) mass is 252 g/mol. The van der Waals surface area contributed by atoms with E-state index in [1.54, 1.807) is 6.07 Å². The molecule has 98 valence electrons. The predicted octanol–water partition coefficient (Wildman–Crippen LogP) is 1.60. The second-order valence-electron chi connectivity index (χ2n) is 4.42. The minimum atomic E-state index is -0.594. The van der Waals surface area contributed by atoms with E-state index in [0.29, 0.717) is 12.5 Å². The van der Waals surface area contributed by atoms with Gasteiger partial charge < -0.3 is 15.2 Å². The van der Waals surface area contributed by atoms with Crippen molar-refractivity contribution in [2.24, 2.45) is 0 Å². The summed E-state index contributed by atoms with van der Waals surface area (Å²) in [5.41, 5.74) is 0.498. The number of methoxy groups -OCH3 is 1. The number of ether oxygens (including phenoxy) is 1. The molecule has 2 rings (SSSR count). The highest BCUT2D eigenvalue weighted by Gasteiger charge is 2.22. The summed E-state index contributed by atoms with van der Waals surface area (Å²) in [6.45, 7) is 0.988. The Morgan fingerprint density at radius 1 is 1.61 bits per heavy atom. The molecule has 1 saturated heterocycles. The number of phenols is 1. The highest BCUT2D eigenvalue weighted by Crippen LogP contribution is 2.37. The predicted molar refractivity (Wildman–Crippen MR) is 66.0 cm³/mol. The Bertz CT molecular complexity index is 456. The van der Waals surface area contributed by atoms with Crippen molar-refractivity contribution in [1.29, 1.82) is 0 Å². The fraction of sp³-hybridized carbons (Fsp3) is 0.500. The lowest BCUT2D eigenvalue weighted by Crippen LogP contribution is -2.23. The van der Waals surface area contributed by atoms with Gasteiger partial charge in [-0.3, -0.25) is 10.1 Å². The van der Waals surface area contributed by atoms with Gasteiger partial charge in [0.15, 0.2) is 5.75 Å². The van der Waals surface area contributed by atoms with Crippen molar-refractivity contribution in [2.45, 2.75) is 25.3 Å². The summed E-state index contributed by atoms with van der Waals surface area (Å²) in [4.78, 5) is 10.3. The van der Waals surface area contributed by atoms with Gasteiger partial charge in [-0.25, -0.2) is 0 Å². The lowest BCUT2D eigenvalue weighted by Gasteiger charge is -2.12. The molecule has 0 aromatic heterocycles. The summed E-state index contributed by atoms with van der Waals surface area (Å²) in [7, 11) is 1.39. The highest BCUT2D eigenvalue weighted by molar-refractivity contribution is 5.57. The number of nitrogens with one attached hydrogen (secondary N) is 1. The molecule has 0 spiro atoms. The lowest BCUT2D eigenvalue weighted by molar-refractivity contribution is -0.386. The molecule has 1 aliphatic rings. The minimum absolute atomic E-state index is 0.150. The summed E-state index contributed by atoms with van der Waals surface area (Å²) < 4.78 is 4.97. The van der Waals surface area contributed by atoms with Crippen LogP contribution in [0.4, 0.5) is 5.69 Å². The van der Waals surface area contributed by atoms with Crippen molar-refractivity contribution < 1.29 is 14.8 Å². The van der Waals surface area contributed by atoms with Gasteiger partial charge >= 0.3 is 5.69 Å². The van der Waals surface area contributed by atoms with Crippen LogP contribution in [0, 0.1) is 10.1 Å². The van der Waals surface area contributed by atoms with E-state index < -0.39 is 10.7 Å². The van der Waals surface area contributed by atoms with E-state index in [4.69, 9.17) is 4.74 Å². The van der Waals surface area contributed by atoms with Crippen molar-refractivity contribution in [1.82, 2.24) is 5.32 Å². The number of rotatable bonds is 4. The molecule has 1 aromatic rings. The molecule has 0 radical (unpaired) electrons. The summed E-state index contributed by atoms with van der Waals surface area (Å²) in [5.74, 6) is -0.261. The molecule has 6 nitrogen and oxygen atoms in total. The number of benzene rings is 1. The minimum Gasteiger partial charge on any atom is -0.500 e. The molecular formula is C12H16N2O4. The van der Waals surface area contributed by atoms with E-state index in [9.17, 15) is 15.2 Å². The first-order chi connectivity index (χ1) is 8.61. The average Bonchev–Trinajstić information content (AvgIpc) is 2.83. The smallest absolute Gasteiger partial charge is 0.314 e. The van der Waals surface area contributed by atoms with Gasteiger partial charge in [-0.15, -0.1) is 0 Å². The average molecular weight is 252 g/mol. The Balaban J connectivity index is 2.29. The highest BCUT2D eigenvalue weighted by atomic mass is 16.6. The van der Waals surface area contributed by atoms with Gasteiger partial charge in [-0.1, -0.05) is 0 Å². The summed E-state index contributed by atoms with van der Waals surface area (Å²) in [6, 6.07) is 3.42. The largest absolute Gasteiger partial charge is 0.500 e. The maximum absolute atomic E-state index is 10.9. The number of nitrogens with zero attached hydrogens (tertiary/aromatic N) is 1. The van der Waals surface area contributed by atoms with Crippen LogP contribution in [0.2, 0.25) is 0 Å². The maximum atomic E-state index is 10.9. The van der Waals surface area contributed by atoms with E-state index >= 15 is 0 Å². The number of hydrogen-bond donors (Lipinski definition) is 2. The van der Waals surface area contributed by atoms with Crippen LogP contribution in [-0.4, -0.2) is 29.7 Å². The number of nitro benzene ring substituents is 1. The topological polar surface area (TPSA) is 84.6 Å². The molecule has 0 bridgehead atoms. The number of nitro groups is 1. The Kier molecular flexibility index (Phi) is 3.66. The molecule has 6 heteroatoms. The van der Waals surface area contributed by atoms with E-state index in [0.717, 1.165) is 24.9 Å².